The van der Waals surface area contributed by atoms with Gasteiger partial charge in [0, 0.05) is 25.8 Å². The fourth-order valence-corrected chi connectivity index (χ4v) is 3.09. The summed E-state index contributed by atoms with van der Waals surface area (Å²) >= 11 is 0. The third-order valence-corrected chi connectivity index (χ3v) is 4.65. The monoisotopic (exact) mass is 363 g/mol. The van der Waals surface area contributed by atoms with E-state index >= 15 is 0 Å². The Kier molecular flexibility index (Phi) is 4.54. The number of aryl methyl sites for hydroxylation is 2. The second kappa shape index (κ2) is 7.15. The van der Waals surface area contributed by atoms with Crippen LogP contribution in [0.4, 0.5) is 0 Å². The van der Waals surface area contributed by atoms with Gasteiger partial charge in [0.15, 0.2) is 17.2 Å². The fraction of sp³-hybridized carbons (Fsp3) is 0.238. The first kappa shape index (κ1) is 17.1. The molecule has 3 aromatic rings. The van der Waals surface area contributed by atoms with Crippen molar-refractivity contribution in [2.24, 2.45) is 7.05 Å². The van der Waals surface area contributed by atoms with Crippen LogP contribution in [0.1, 0.15) is 27.3 Å². The zero-order valence-electron chi connectivity index (χ0n) is 15.4. The summed E-state index contributed by atoms with van der Waals surface area (Å²) < 4.78 is 12.5. The number of hydrogen-bond acceptors (Lipinski definition) is 4. The lowest BCUT2D eigenvalue weighted by Gasteiger charge is -2.22. The van der Waals surface area contributed by atoms with E-state index in [4.69, 9.17) is 9.47 Å². The molecular formula is C21H21N3O3. The average molecular weight is 363 g/mol. The van der Waals surface area contributed by atoms with Crippen LogP contribution in [-0.4, -0.2) is 27.4 Å². The van der Waals surface area contributed by atoms with Gasteiger partial charge in [-0.05, 0) is 36.2 Å². The van der Waals surface area contributed by atoms with Crippen LogP contribution in [0.5, 0.6) is 11.5 Å². The quantitative estimate of drug-likeness (QED) is 0.698. The highest BCUT2D eigenvalue weighted by atomic mass is 16.7. The molecule has 2 aromatic carbocycles. The van der Waals surface area contributed by atoms with E-state index in [2.05, 4.69) is 5.10 Å². The highest BCUT2D eigenvalue weighted by Gasteiger charge is 2.21. The van der Waals surface area contributed by atoms with E-state index < -0.39 is 0 Å². The molecule has 0 atom stereocenters. The molecule has 0 saturated heterocycles. The highest BCUT2D eigenvalue weighted by molar-refractivity contribution is 5.92. The van der Waals surface area contributed by atoms with Crippen LogP contribution in [-0.2, 0) is 20.1 Å². The molecule has 1 aliphatic rings. The van der Waals surface area contributed by atoms with Crippen LogP contribution < -0.4 is 9.47 Å². The van der Waals surface area contributed by atoms with E-state index in [0.717, 1.165) is 22.6 Å². The molecule has 0 aliphatic carbocycles. The maximum Gasteiger partial charge on any atom is 0.274 e. The number of carbonyl (C=O) groups is 1. The summed E-state index contributed by atoms with van der Waals surface area (Å²) in [7, 11) is 1.84. The third kappa shape index (κ3) is 3.65. The summed E-state index contributed by atoms with van der Waals surface area (Å²) in [5, 5.41) is 4.35. The number of hydrogen-bond donors (Lipinski definition) is 0. The maximum atomic E-state index is 13.1. The Morgan fingerprint density at radius 3 is 2.52 bits per heavy atom. The van der Waals surface area contributed by atoms with Crippen molar-refractivity contribution in [3.8, 4) is 11.5 Å². The minimum Gasteiger partial charge on any atom is -0.454 e. The number of aromatic nitrogens is 2. The first-order chi connectivity index (χ1) is 13.1. The Labute approximate surface area is 157 Å². The van der Waals surface area contributed by atoms with Gasteiger partial charge in [-0.25, -0.2) is 0 Å². The number of rotatable bonds is 5. The Morgan fingerprint density at radius 2 is 1.78 bits per heavy atom. The van der Waals surface area contributed by atoms with Crippen LogP contribution in [0.3, 0.4) is 0 Å². The van der Waals surface area contributed by atoms with Crippen molar-refractivity contribution < 1.29 is 14.3 Å². The van der Waals surface area contributed by atoms with Crippen molar-refractivity contribution in [2.45, 2.75) is 20.0 Å². The molecule has 138 valence electrons. The summed E-state index contributed by atoms with van der Waals surface area (Å²) in [6.07, 6.45) is 0. The molecule has 0 saturated carbocycles. The van der Waals surface area contributed by atoms with E-state index in [-0.39, 0.29) is 12.7 Å². The number of fused-ring (bicyclic) bond motifs is 1. The minimum atomic E-state index is -0.0970. The summed E-state index contributed by atoms with van der Waals surface area (Å²) in [6.45, 7) is 3.13. The molecular weight excluding hydrogens is 342 g/mol. The van der Waals surface area contributed by atoms with Crippen LogP contribution in [0, 0.1) is 6.92 Å². The second-order valence-electron chi connectivity index (χ2n) is 6.63. The highest BCUT2D eigenvalue weighted by Crippen LogP contribution is 2.33. The van der Waals surface area contributed by atoms with E-state index in [1.165, 1.54) is 0 Å². The third-order valence-electron chi connectivity index (χ3n) is 4.65. The lowest BCUT2D eigenvalue weighted by Crippen LogP contribution is -2.30. The van der Waals surface area contributed by atoms with Crippen molar-refractivity contribution in [3.63, 3.8) is 0 Å². The lowest BCUT2D eigenvalue weighted by atomic mass is 10.1. The van der Waals surface area contributed by atoms with Crippen LogP contribution in [0.25, 0.3) is 0 Å². The van der Waals surface area contributed by atoms with E-state index in [9.17, 15) is 4.79 Å². The molecule has 4 rings (SSSR count). The molecule has 1 aliphatic heterocycles. The Bertz CT molecular complexity index is 947. The number of nitrogens with zero attached hydrogens (tertiary/aromatic N) is 3. The molecule has 2 heterocycles. The number of benzene rings is 2. The first-order valence-corrected chi connectivity index (χ1v) is 8.82. The zero-order valence-corrected chi connectivity index (χ0v) is 15.4. The van der Waals surface area contributed by atoms with Gasteiger partial charge in [-0.1, -0.05) is 36.4 Å². The van der Waals surface area contributed by atoms with Crippen molar-refractivity contribution in [3.05, 3.63) is 77.1 Å². The van der Waals surface area contributed by atoms with Crippen molar-refractivity contribution in [1.29, 1.82) is 0 Å². The normalized spacial score (nSPS) is 12.2. The molecule has 0 bridgehead atoms. The minimum absolute atomic E-state index is 0.0970. The van der Waals surface area contributed by atoms with Gasteiger partial charge in [0.25, 0.3) is 5.91 Å². The molecule has 0 spiro atoms. The maximum absolute atomic E-state index is 13.1. The molecule has 0 fully saturated rings. The average Bonchev–Trinajstić information content (AvgIpc) is 3.27. The fourth-order valence-electron chi connectivity index (χ4n) is 3.09. The summed E-state index contributed by atoms with van der Waals surface area (Å²) in [5.41, 5.74) is 3.45. The van der Waals surface area contributed by atoms with Gasteiger partial charge in [0.2, 0.25) is 6.79 Å². The van der Waals surface area contributed by atoms with Gasteiger partial charge in [-0.15, -0.1) is 0 Å². The summed E-state index contributed by atoms with van der Waals surface area (Å²) in [5.74, 6) is 1.36. The van der Waals surface area contributed by atoms with Crippen molar-refractivity contribution >= 4 is 5.91 Å². The van der Waals surface area contributed by atoms with Crippen LogP contribution in [0.2, 0.25) is 0 Å². The molecule has 1 amide bonds. The number of amides is 1. The van der Waals surface area contributed by atoms with Gasteiger partial charge in [-0.2, -0.15) is 5.10 Å². The molecule has 0 N–H and O–H groups in total. The molecule has 27 heavy (non-hydrogen) atoms. The largest absolute Gasteiger partial charge is 0.454 e. The SMILES string of the molecule is Cc1cc(C(=O)N(Cc2ccccc2)Cc2ccc3c(c2)OCO3)nn1C. The standard InChI is InChI=1S/C21H21N3O3/c1-15-10-18(22-23(15)2)21(25)24(12-16-6-4-3-5-7-16)13-17-8-9-19-20(11-17)27-14-26-19/h3-11H,12-14H2,1-2H3. The number of carbonyl (C=O) groups excluding carboxylic acids is 1. The second-order valence-corrected chi connectivity index (χ2v) is 6.63. The molecule has 6 heteroatoms. The van der Waals surface area contributed by atoms with E-state index in [0.29, 0.717) is 24.5 Å². The predicted molar refractivity (Wildman–Crippen MR) is 101 cm³/mol. The number of ether oxygens (including phenoxy) is 2. The van der Waals surface area contributed by atoms with E-state index in [1.54, 1.807) is 9.58 Å². The van der Waals surface area contributed by atoms with Gasteiger partial charge in [-0.3, -0.25) is 9.48 Å². The molecule has 0 unspecified atom stereocenters. The van der Waals surface area contributed by atoms with Gasteiger partial charge in [0.1, 0.15) is 0 Å². The smallest absolute Gasteiger partial charge is 0.274 e. The summed E-state index contributed by atoms with van der Waals surface area (Å²) in [4.78, 5) is 14.9. The van der Waals surface area contributed by atoms with Crippen molar-refractivity contribution in [2.75, 3.05) is 6.79 Å². The Morgan fingerprint density at radius 1 is 1.04 bits per heavy atom. The van der Waals surface area contributed by atoms with Crippen molar-refractivity contribution in [1.82, 2.24) is 14.7 Å². The Hall–Kier alpha value is -3.28. The molecule has 6 nitrogen and oxygen atoms in total. The van der Waals surface area contributed by atoms with Gasteiger partial charge < -0.3 is 14.4 Å². The van der Waals surface area contributed by atoms with Gasteiger partial charge >= 0.3 is 0 Å². The summed E-state index contributed by atoms with van der Waals surface area (Å²) in [6, 6.07) is 17.5. The van der Waals surface area contributed by atoms with E-state index in [1.807, 2.05) is 68.6 Å². The molecule has 0 radical (unpaired) electrons. The predicted octanol–water partition coefficient (Wildman–Crippen LogP) is 3.30. The topological polar surface area (TPSA) is 56.6 Å². The molecule has 1 aromatic heterocycles. The van der Waals surface area contributed by atoms with Crippen LogP contribution in [0.15, 0.2) is 54.6 Å². The first-order valence-electron chi connectivity index (χ1n) is 8.82. The lowest BCUT2D eigenvalue weighted by molar-refractivity contribution is 0.0723. The zero-order chi connectivity index (χ0) is 18.8. The van der Waals surface area contributed by atoms with Crippen LogP contribution >= 0.6 is 0 Å². The Balaban J connectivity index is 1.62. The van der Waals surface area contributed by atoms with Gasteiger partial charge in [0.05, 0.1) is 0 Å².